The molecule has 36 heavy (non-hydrogen) atoms. The summed E-state index contributed by atoms with van der Waals surface area (Å²) in [5, 5.41) is 0.892. The van der Waals surface area contributed by atoms with Gasteiger partial charge in [-0.15, -0.1) is 0 Å². The number of methoxy groups -OCH3 is 1. The third-order valence-corrected chi connectivity index (χ3v) is 6.76. The number of hydrogen-bond donors (Lipinski definition) is 2. The molecule has 1 fully saturated rings. The number of nitrogens with two attached hydrogens (primary N) is 1. The summed E-state index contributed by atoms with van der Waals surface area (Å²) in [7, 11) is 1.62. The van der Waals surface area contributed by atoms with Crippen molar-refractivity contribution in [2.75, 3.05) is 20.2 Å². The van der Waals surface area contributed by atoms with Gasteiger partial charge in [-0.2, -0.15) is 0 Å². The average molecular weight is 483 g/mol. The molecule has 5 rings (SSSR count). The maximum absolute atomic E-state index is 13.5. The Labute approximate surface area is 210 Å². The standard InChI is InChI=1S/C29H30N4O3/c1-36-25-10-11-26-23(14-25)15-27(31-26)29(35)32-18-24(13-20-6-3-2-4-7-20)33(28(34)19-32)17-22-9-5-8-21(12-22)16-30/h2-12,14-15,24,31H,13,16-19,30H2,1H3/t24-/m0/s1. The van der Waals surface area contributed by atoms with E-state index in [9.17, 15) is 9.59 Å². The second-order valence-corrected chi connectivity index (χ2v) is 9.21. The molecule has 0 radical (unpaired) electrons. The smallest absolute Gasteiger partial charge is 0.270 e. The minimum atomic E-state index is -0.179. The minimum Gasteiger partial charge on any atom is -0.497 e. The molecule has 0 bridgehead atoms. The fourth-order valence-electron chi connectivity index (χ4n) is 4.88. The molecule has 0 saturated carbocycles. The molecule has 7 heteroatoms. The Morgan fingerprint density at radius 1 is 1.00 bits per heavy atom. The van der Waals surface area contributed by atoms with E-state index in [1.54, 1.807) is 12.0 Å². The average Bonchev–Trinajstić information content (AvgIpc) is 3.34. The van der Waals surface area contributed by atoms with Gasteiger partial charge in [0.1, 0.15) is 18.0 Å². The van der Waals surface area contributed by atoms with Crippen LogP contribution in [-0.4, -0.2) is 52.8 Å². The van der Waals surface area contributed by atoms with E-state index in [1.807, 2.05) is 71.6 Å². The molecular weight excluding hydrogens is 452 g/mol. The number of rotatable bonds is 7. The van der Waals surface area contributed by atoms with Gasteiger partial charge in [-0.3, -0.25) is 9.59 Å². The van der Waals surface area contributed by atoms with Crippen LogP contribution in [0, 0.1) is 0 Å². The predicted octanol–water partition coefficient (Wildman–Crippen LogP) is 3.73. The van der Waals surface area contributed by atoms with Gasteiger partial charge >= 0.3 is 0 Å². The summed E-state index contributed by atoms with van der Waals surface area (Å²) in [6, 6.07) is 25.4. The zero-order valence-electron chi connectivity index (χ0n) is 20.3. The SMILES string of the molecule is COc1ccc2[nH]c(C(=O)N3CC(=O)N(Cc4cccc(CN)c4)[C@@H](Cc4ccccc4)C3)cc2c1. The first-order valence-corrected chi connectivity index (χ1v) is 12.1. The van der Waals surface area contributed by atoms with Crippen molar-refractivity contribution < 1.29 is 14.3 Å². The van der Waals surface area contributed by atoms with Crippen LogP contribution in [0.15, 0.2) is 78.9 Å². The van der Waals surface area contributed by atoms with E-state index >= 15 is 0 Å². The number of benzene rings is 3. The van der Waals surface area contributed by atoms with Crippen molar-refractivity contribution in [2.45, 2.75) is 25.6 Å². The summed E-state index contributed by atoms with van der Waals surface area (Å²) < 4.78 is 5.30. The topological polar surface area (TPSA) is 91.7 Å². The number of carbonyl (C=O) groups excluding carboxylic acids is 2. The molecule has 1 aliphatic rings. The molecule has 0 spiro atoms. The Hall–Kier alpha value is -4.10. The molecular formula is C29H30N4O3. The number of nitrogens with one attached hydrogen (secondary N) is 1. The van der Waals surface area contributed by atoms with Gasteiger partial charge in [-0.05, 0) is 47.4 Å². The third kappa shape index (κ3) is 4.97. The minimum absolute atomic E-state index is 0.0411. The molecule has 7 nitrogen and oxygen atoms in total. The number of hydrogen-bond acceptors (Lipinski definition) is 4. The molecule has 1 atom stereocenters. The van der Waals surface area contributed by atoms with Gasteiger partial charge < -0.3 is 25.3 Å². The molecule has 184 valence electrons. The van der Waals surface area contributed by atoms with Crippen molar-refractivity contribution >= 4 is 22.7 Å². The normalized spacial score (nSPS) is 15.9. The van der Waals surface area contributed by atoms with Gasteiger partial charge in [0.15, 0.2) is 0 Å². The molecule has 2 amide bonds. The summed E-state index contributed by atoms with van der Waals surface area (Å²) in [5.41, 5.74) is 10.3. The van der Waals surface area contributed by atoms with Crippen LogP contribution in [-0.2, 0) is 24.3 Å². The molecule has 3 aromatic carbocycles. The monoisotopic (exact) mass is 482 g/mol. The van der Waals surface area contributed by atoms with E-state index in [2.05, 4.69) is 17.1 Å². The number of aromatic nitrogens is 1. The van der Waals surface area contributed by atoms with Gasteiger partial charge in [0.2, 0.25) is 5.91 Å². The van der Waals surface area contributed by atoms with Crippen LogP contribution < -0.4 is 10.5 Å². The van der Waals surface area contributed by atoms with E-state index in [-0.39, 0.29) is 24.4 Å². The second kappa shape index (κ2) is 10.3. The summed E-state index contributed by atoms with van der Waals surface area (Å²) in [6.45, 7) is 1.43. The van der Waals surface area contributed by atoms with Crippen LogP contribution in [0.3, 0.4) is 0 Å². The van der Waals surface area contributed by atoms with Crippen molar-refractivity contribution in [1.82, 2.24) is 14.8 Å². The maximum atomic E-state index is 13.5. The molecule has 2 heterocycles. The zero-order chi connectivity index (χ0) is 25.1. The molecule has 1 aliphatic heterocycles. The lowest BCUT2D eigenvalue weighted by Crippen LogP contribution is -2.58. The summed E-state index contributed by atoms with van der Waals surface area (Å²) in [6.07, 6.45) is 0.664. The second-order valence-electron chi connectivity index (χ2n) is 9.21. The van der Waals surface area contributed by atoms with Crippen LogP contribution in [0.1, 0.15) is 27.2 Å². The van der Waals surface area contributed by atoms with E-state index in [0.29, 0.717) is 31.7 Å². The van der Waals surface area contributed by atoms with E-state index < -0.39 is 0 Å². The summed E-state index contributed by atoms with van der Waals surface area (Å²) >= 11 is 0. The number of carbonyl (C=O) groups is 2. The van der Waals surface area contributed by atoms with Gasteiger partial charge in [0.05, 0.1) is 13.2 Å². The summed E-state index contributed by atoms with van der Waals surface area (Å²) in [4.78, 5) is 33.7. The van der Waals surface area contributed by atoms with Crippen molar-refractivity contribution in [3.63, 3.8) is 0 Å². The first-order valence-electron chi connectivity index (χ1n) is 12.1. The number of ether oxygens (including phenoxy) is 1. The van der Waals surface area contributed by atoms with Crippen LogP contribution in [0.5, 0.6) is 5.75 Å². The lowest BCUT2D eigenvalue weighted by molar-refractivity contribution is -0.139. The molecule has 0 aliphatic carbocycles. The van der Waals surface area contributed by atoms with Crippen molar-refractivity contribution in [3.8, 4) is 5.75 Å². The van der Waals surface area contributed by atoms with E-state index in [0.717, 1.165) is 33.3 Å². The Bertz CT molecular complexity index is 1380. The molecule has 1 aromatic heterocycles. The number of piperazine rings is 1. The Balaban J connectivity index is 1.41. The maximum Gasteiger partial charge on any atom is 0.270 e. The lowest BCUT2D eigenvalue weighted by Gasteiger charge is -2.41. The first-order chi connectivity index (χ1) is 17.5. The van der Waals surface area contributed by atoms with Crippen molar-refractivity contribution in [2.24, 2.45) is 5.73 Å². The van der Waals surface area contributed by atoms with Crippen LogP contribution in [0.2, 0.25) is 0 Å². The van der Waals surface area contributed by atoms with Gasteiger partial charge in [0, 0.05) is 30.5 Å². The number of H-pyrrole nitrogens is 1. The fraction of sp³-hybridized carbons (Fsp3) is 0.241. The lowest BCUT2D eigenvalue weighted by atomic mass is 10.00. The third-order valence-electron chi connectivity index (χ3n) is 6.76. The highest BCUT2D eigenvalue weighted by molar-refractivity contribution is 6.00. The first kappa shape index (κ1) is 23.6. The van der Waals surface area contributed by atoms with Gasteiger partial charge in [0.25, 0.3) is 5.91 Å². The largest absolute Gasteiger partial charge is 0.497 e. The van der Waals surface area contributed by atoms with Crippen LogP contribution in [0.25, 0.3) is 10.9 Å². The highest BCUT2D eigenvalue weighted by Crippen LogP contribution is 2.24. The zero-order valence-corrected chi connectivity index (χ0v) is 20.3. The Morgan fingerprint density at radius 2 is 1.78 bits per heavy atom. The van der Waals surface area contributed by atoms with Crippen LogP contribution in [0.4, 0.5) is 0 Å². The quantitative estimate of drug-likeness (QED) is 0.420. The molecule has 4 aromatic rings. The van der Waals surface area contributed by atoms with Gasteiger partial charge in [-0.1, -0.05) is 54.6 Å². The Kier molecular flexibility index (Phi) is 6.73. The molecule has 1 saturated heterocycles. The Morgan fingerprint density at radius 3 is 2.56 bits per heavy atom. The number of amides is 2. The molecule has 3 N–H and O–H groups in total. The highest BCUT2D eigenvalue weighted by Gasteiger charge is 2.35. The number of nitrogens with zero attached hydrogens (tertiary/aromatic N) is 2. The van der Waals surface area contributed by atoms with Gasteiger partial charge in [-0.25, -0.2) is 0 Å². The summed E-state index contributed by atoms with van der Waals surface area (Å²) in [5.74, 6) is 0.485. The predicted molar refractivity (Wildman–Crippen MR) is 140 cm³/mol. The van der Waals surface area contributed by atoms with Crippen LogP contribution >= 0.6 is 0 Å². The fourth-order valence-corrected chi connectivity index (χ4v) is 4.88. The van der Waals surface area contributed by atoms with E-state index in [1.165, 1.54) is 0 Å². The highest BCUT2D eigenvalue weighted by atomic mass is 16.5. The van der Waals surface area contributed by atoms with Crippen molar-refractivity contribution in [1.29, 1.82) is 0 Å². The number of fused-ring (bicyclic) bond motifs is 1. The number of aromatic amines is 1. The van der Waals surface area contributed by atoms with Crippen molar-refractivity contribution in [3.05, 3.63) is 101 Å². The van der Waals surface area contributed by atoms with E-state index in [4.69, 9.17) is 10.5 Å². The molecule has 0 unspecified atom stereocenters.